The van der Waals surface area contributed by atoms with E-state index in [2.05, 4.69) is 24.2 Å². The third-order valence-corrected chi connectivity index (χ3v) is 1.98. The summed E-state index contributed by atoms with van der Waals surface area (Å²) >= 11 is 0. The Morgan fingerprint density at radius 2 is 2.40 bits per heavy atom. The number of hydrogen-bond donors (Lipinski definition) is 1. The molecule has 2 heteroatoms. The van der Waals surface area contributed by atoms with Crippen molar-refractivity contribution in [2.45, 2.75) is 39.2 Å². The van der Waals surface area contributed by atoms with Gasteiger partial charge in [0.05, 0.1) is 5.84 Å². The van der Waals surface area contributed by atoms with Gasteiger partial charge in [0.1, 0.15) is 0 Å². The maximum Gasteiger partial charge on any atom is 0.0962 e. The molecule has 1 aliphatic rings. The van der Waals surface area contributed by atoms with Crippen molar-refractivity contribution in [1.82, 2.24) is 5.32 Å². The number of rotatable bonds is 2. The van der Waals surface area contributed by atoms with E-state index in [0.29, 0.717) is 6.04 Å². The van der Waals surface area contributed by atoms with Gasteiger partial charge in [0, 0.05) is 19.0 Å². The Balaban J connectivity index is 2.40. The zero-order chi connectivity index (χ0) is 7.40. The summed E-state index contributed by atoms with van der Waals surface area (Å²) in [6, 6.07) is 0.687. The second kappa shape index (κ2) is 3.59. The topological polar surface area (TPSA) is 24.4 Å². The Bertz CT molecular complexity index is 129. The van der Waals surface area contributed by atoms with Crippen LogP contribution in [0, 0.1) is 0 Å². The summed E-state index contributed by atoms with van der Waals surface area (Å²) in [7, 11) is 0. The molecule has 1 heterocycles. The van der Waals surface area contributed by atoms with Crippen molar-refractivity contribution in [3.63, 3.8) is 0 Å². The van der Waals surface area contributed by atoms with Crippen LogP contribution < -0.4 is 5.32 Å². The molecule has 0 aromatic carbocycles. The molecule has 58 valence electrons. The first-order valence-electron chi connectivity index (χ1n) is 4.16. The second-order valence-corrected chi connectivity index (χ2v) is 2.72. The normalized spacial score (nSPS) is 25.4. The van der Waals surface area contributed by atoms with Crippen LogP contribution >= 0.6 is 0 Å². The maximum atomic E-state index is 4.35. The first-order chi connectivity index (χ1) is 4.86. The monoisotopic (exact) mass is 140 g/mol. The van der Waals surface area contributed by atoms with E-state index in [1.807, 2.05) is 0 Å². The third-order valence-electron chi connectivity index (χ3n) is 1.98. The van der Waals surface area contributed by atoms with Gasteiger partial charge in [0.15, 0.2) is 0 Å². The molecule has 0 saturated heterocycles. The smallest absolute Gasteiger partial charge is 0.0962 e. The first kappa shape index (κ1) is 7.58. The van der Waals surface area contributed by atoms with Crippen LogP contribution in [0.2, 0.25) is 0 Å². The molecule has 1 aliphatic heterocycles. The van der Waals surface area contributed by atoms with Crippen molar-refractivity contribution in [3.05, 3.63) is 0 Å². The number of nitrogens with zero attached hydrogens (tertiary/aromatic N) is 1. The van der Waals surface area contributed by atoms with Crippen LogP contribution in [0.5, 0.6) is 0 Å². The van der Waals surface area contributed by atoms with E-state index in [4.69, 9.17) is 0 Å². The lowest BCUT2D eigenvalue weighted by atomic mass is 10.1. The molecule has 0 saturated carbocycles. The van der Waals surface area contributed by atoms with E-state index in [1.54, 1.807) is 0 Å². The molecule has 1 rings (SSSR count). The Hall–Kier alpha value is -0.530. The van der Waals surface area contributed by atoms with Crippen molar-refractivity contribution < 1.29 is 0 Å². The first-order valence-corrected chi connectivity index (χ1v) is 4.16. The fraction of sp³-hybridized carbons (Fsp3) is 0.875. The van der Waals surface area contributed by atoms with Crippen molar-refractivity contribution in [2.24, 2.45) is 4.99 Å². The lowest BCUT2D eigenvalue weighted by molar-refractivity contribution is 0.524. The van der Waals surface area contributed by atoms with Gasteiger partial charge in [-0.15, -0.1) is 0 Å². The summed E-state index contributed by atoms with van der Waals surface area (Å²) in [4.78, 5) is 4.35. The summed E-state index contributed by atoms with van der Waals surface area (Å²) in [6.07, 6.45) is 3.48. The zero-order valence-corrected chi connectivity index (χ0v) is 6.85. The van der Waals surface area contributed by atoms with Crippen LogP contribution in [0.4, 0.5) is 0 Å². The highest BCUT2D eigenvalue weighted by molar-refractivity contribution is 5.82. The van der Waals surface area contributed by atoms with Crippen LogP contribution in [0.1, 0.15) is 33.1 Å². The molecular formula is C8H16N2. The van der Waals surface area contributed by atoms with Gasteiger partial charge >= 0.3 is 0 Å². The molecule has 1 N–H and O–H groups in total. The van der Waals surface area contributed by atoms with E-state index in [0.717, 1.165) is 13.0 Å². The van der Waals surface area contributed by atoms with Gasteiger partial charge in [0.25, 0.3) is 0 Å². The van der Waals surface area contributed by atoms with E-state index in [1.165, 1.54) is 18.7 Å². The highest BCUT2D eigenvalue weighted by atomic mass is 15.0. The Morgan fingerprint density at radius 1 is 1.60 bits per heavy atom. The van der Waals surface area contributed by atoms with Gasteiger partial charge in [-0.3, -0.25) is 4.99 Å². The lowest BCUT2D eigenvalue weighted by Crippen LogP contribution is -2.38. The number of amidine groups is 1. The Morgan fingerprint density at radius 3 is 3.00 bits per heavy atom. The van der Waals surface area contributed by atoms with Crippen molar-refractivity contribution in [2.75, 3.05) is 6.54 Å². The van der Waals surface area contributed by atoms with Crippen LogP contribution in [0.25, 0.3) is 0 Å². The molecule has 0 bridgehead atoms. The molecule has 0 radical (unpaired) electrons. The molecule has 0 amide bonds. The fourth-order valence-corrected chi connectivity index (χ4v) is 1.23. The van der Waals surface area contributed by atoms with Crippen molar-refractivity contribution >= 4 is 5.84 Å². The van der Waals surface area contributed by atoms with Gasteiger partial charge < -0.3 is 5.32 Å². The molecule has 10 heavy (non-hydrogen) atoms. The largest absolute Gasteiger partial charge is 0.371 e. The van der Waals surface area contributed by atoms with E-state index in [9.17, 15) is 0 Å². The predicted molar refractivity (Wildman–Crippen MR) is 44.4 cm³/mol. The van der Waals surface area contributed by atoms with Gasteiger partial charge in [-0.25, -0.2) is 0 Å². The molecule has 0 aromatic rings. The average molecular weight is 140 g/mol. The van der Waals surface area contributed by atoms with Gasteiger partial charge in [-0.05, 0) is 12.8 Å². The average Bonchev–Trinajstić information content (AvgIpc) is 2.05. The quantitative estimate of drug-likeness (QED) is 0.618. The van der Waals surface area contributed by atoms with Crippen molar-refractivity contribution in [1.29, 1.82) is 0 Å². The molecule has 1 unspecified atom stereocenters. The van der Waals surface area contributed by atoms with Crippen LogP contribution in [0.15, 0.2) is 4.99 Å². The third kappa shape index (κ3) is 1.72. The van der Waals surface area contributed by atoms with Crippen LogP contribution in [-0.2, 0) is 0 Å². The van der Waals surface area contributed by atoms with Crippen LogP contribution in [-0.4, -0.2) is 18.4 Å². The molecule has 0 aromatic heterocycles. The highest BCUT2D eigenvalue weighted by Crippen LogP contribution is 2.04. The minimum Gasteiger partial charge on any atom is -0.371 e. The molecule has 0 aliphatic carbocycles. The summed E-state index contributed by atoms with van der Waals surface area (Å²) < 4.78 is 0. The minimum absolute atomic E-state index is 0.687. The SMILES string of the molecule is CCC1=NCCC(CC)N1. The molecular weight excluding hydrogens is 124 g/mol. The summed E-state index contributed by atoms with van der Waals surface area (Å²) in [5, 5.41) is 3.40. The molecule has 0 fully saturated rings. The molecule has 2 nitrogen and oxygen atoms in total. The van der Waals surface area contributed by atoms with Gasteiger partial charge in [-0.2, -0.15) is 0 Å². The standard InChI is InChI=1S/C8H16N2/c1-3-7-5-6-9-8(4-2)10-7/h7H,3-6H2,1-2H3,(H,9,10). The maximum absolute atomic E-state index is 4.35. The Kier molecular flexibility index (Phi) is 2.72. The second-order valence-electron chi connectivity index (χ2n) is 2.72. The highest BCUT2D eigenvalue weighted by Gasteiger charge is 2.10. The van der Waals surface area contributed by atoms with E-state index >= 15 is 0 Å². The minimum atomic E-state index is 0.687. The molecule has 1 atom stereocenters. The van der Waals surface area contributed by atoms with Gasteiger partial charge in [0.2, 0.25) is 0 Å². The summed E-state index contributed by atoms with van der Waals surface area (Å²) in [6.45, 7) is 5.38. The lowest BCUT2D eigenvalue weighted by Gasteiger charge is -2.22. The number of nitrogens with one attached hydrogen (secondary N) is 1. The van der Waals surface area contributed by atoms with E-state index in [-0.39, 0.29) is 0 Å². The predicted octanol–water partition coefficient (Wildman–Crippen LogP) is 1.57. The van der Waals surface area contributed by atoms with Gasteiger partial charge in [-0.1, -0.05) is 13.8 Å². The zero-order valence-electron chi connectivity index (χ0n) is 6.85. The van der Waals surface area contributed by atoms with Crippen molar-refractivity contribution in [3.8, 4) is 0 Å². The molecule has 0 spiro atoms. The van der Waals surface area contributed by atoms with Crippen LogP contribution in [0.3, 0.4) is 0 Å². The Labute approximate surface area is 62.7 Å². The number of aliphatic imine (C=N–C) groups is 1. The summed E-state index contributed by atoms with van der Waals surface area (Å²) in [5.41, 5.74) is 0. The number of hydrogen-bond acceptors (Lipinski definition) is 2. The van der Waals surface area contributed by atoms with E-state index < -0.39 is 0 Å². The fourth-order valence-electron chi connectivity index (χ4n) is 1.23. The summed E-state index contributed by atoms with van der Waals surface area (Å²) in [5.74, 6) is 1.19.